The molecule has 0 saturated heterocycles. The standard InChI is InChI=1S/C11H16BrNO/c1-13-11(8-4-2-3-5-8)9-6-7-10(12)14-9/h6-8,11,13H,2-5H2,1H3. The Bertz CT molecular complexity index is 291. The van der Waals surface area contributed by atoms with Crippen LogP contribution >= 0.6 is 15.9 Å². The maximum atomic E-state index is 5.60. The minimum absolute atomic E-state index is 0.392. The fourth-order valence-corrected chi connectivity index (χ4v) is 2.72. The molecule has 0 radical (unpaired) electrons. The predicted octanol–water partition coefficient (Wildman–Crippen LogP) is 3.49. The lowest BCUT2D eigenvalue weighted by molar-refractivity contribution is 0.323. The number of halogens is 1. The van der Waals surface area contributed by atoms with E-state index in [1.54, 1.807) is 0 Å². The van der Waals surface area contributed by atoms with E-state index in [0.717, 1.165) is 16.3 Å². The number of rotatable bonds is 3. The molecule has 1 atom stereocenters. The normalized spacial score (nSPS) is 20.1. The first kappa shape index (κ1) is 10.2. The highest BCUT2D eigenvalue weighted by Crippen LogP contribution is 2.36. The molecule has 1 aliphatic rings. The summed E-state index contributed by atoms with van der Waals surface area (Å²) in [6, 6.07) is 4.42. The first-order valence-corrected chi connectivity index (χ1v) is 6.03. The third-order valence-corrected chi connectivity index (χ3v) is 3.51. The minimum Gasteiger partial charge on any atom is -0.453 e. The van der Waals surface area contributed by atoms with Crippen molar-refractivity contribution in [1.29, 1.82) is 0 Å². The van der Waals surface area contributed by atoms with Gasteiger partial charge in [-0.3, -0.25) is 0 Å². The molecular formula is C11H16BrNO. The summed E-state index contributed by atoms with van der Waals surface area (Å²) in [4.78, 5) is 0. The van der Waals surface area contributed by atoms with E-state index in [4.69, 9.17) is 4.42 Å². The lowest BCUT2D eigenvalue weighted by Gasteiger charge is -2.20. The third kappa shape index (κ3) is 2.04. The summed E-state index contributed by atoms with van der Waals surface area (Å²) >= 11 is 3.34. The number of nitrogens with one attached hydrogen (secondary N) is 1. The highest BCUT2D eigenvalue weighted by Gasteiger charge is 2.27. The molecule has 1 saturated carbocycles. The van der Waals surface area contributed by atoms with E-state index in [0.29, 0.717) is 6.04 Å². The van der Waals surface area contributed by atoms with Crippen LogP contribution in [-0.2, 0) is 0 Å². The molecule has 0 spiro atoms. The lowest BCUT2D eigenvalue weighted by Crippen LogP contribution is -2.22. The molecular weight excluding hydrogens is 242 g/mol. The van der Waals surface area contributed by atoms with Crippen LogP contribution in [0.15, 0.2) is 21.2 Å². The van der Waals surface area contributed by atoms with Gasteiger partial charge in [0.15, 0.2) is 4.67 Å². The van der Waals surface area contributed by atoms with Gasteiger partial charge in [0.05, 0.1) is 6.04 Å². The Balaban J connectivity index is 2.12. The summed E-state index contributed by atoms with van der Waals surface area (Å²) in [5, 5.41) is 3.36. The van der Waals surface area contributed by atoms with Gasteiger partial charge in [-0.1, -0.05) is 12.8 Å². The minimum atomic E-state index is 0.392. The highest BCUT2D eigenvalue weighted by molar-refractivity contribution is 9.10. The molecule has 1 aliphatic carbocycles. The molecule has 2 nitrogen and oxygen atoms in total. The van der Waals surface area contributed by atoms with Crippen LogP contribution in [0.1, 0.15) is 37.5 Å². The van der Waals surface area contributed by atoms with E-state index in [2.05, 4.69) is 27.3 Å². The summed E-state index contributed by atoms with van der Waals surface area (Å²) in [6.07, 6.45) is 5.38. The van der Waals surface area contributed by atoms with Gasteiger partial charge in [-0.05, 0) is 53.9 Å². The van der Waals surface area contributed by atoms with Crippen molar-refractivity contribution in [2.45, 2.75) is 31.7 Å². The van der Waals surface area contributed by atoms with Crippen molar-refractivity contribution in [3.8, 4) is 0 Å². The Morgan fingerprint density at radius 1 is 1.43 bits per heavy atom. The van der Waals surface area contributed by atoms with Gasteiger partial charge in [-0.2, -0.15) is 0 Å². The summed E-state index contributed by atoms with van der Waals surface area (Å²) in [5.74, 6) is 1.81. The molecule has 1 heterocycles. The van der Waals surface area contributed by atoms with Crippen LogP contribution in [0.5, 0.6) is 0 Å². The summed E-state index contributed by atoms with van der Waals surface area (Å²) < 4.78 is 6.43. The maximum absolute atomic E-state index is 5.60. The molecule has 0 aromatic carbocycles. The van der Waals surface area contributed by atoms with Crippen LogP contribution in [0.4, 0.5) is 0 Å². The van der Waals surface area contributed by atoms with Crippen LogP contribution in [0.2, 0.25) is 0 Å². The van der Waals surface area contributed by atoms with E-state index in [1.807, 2.05) is 13.1 Å². The molecule has 1 N–H and O–H groups in total. The summed E-state index contributed by atoms with van der Waals surface area (Å²) in [7, 11) is 2.01. The van der Waals surface area contributed by atoms with E-state index in [-0.39, 0.29) is 0 Å². The van der Waals surface area contributed by atoms with Gasteiger partial charge < -0.3 is 9.73 Å². The molecule has 1 fully saturated rings. The molecule has 0 bridgehead atoms. The van der Waals surface area contributed by atoms with Crippen molar-refractivity contribution < 1.29 is 4.42 Å². The van der Waals surface area contributed by atoms with Crippen LogP contribution in [0.25, 0.3) is 0 Å². The zero-order chi connectivity index (χ0) is 9.97. The molecule has 14 heavy (non-hydrogen) atoms. The fraction of sp³-hybridized carbons (Fsp3) is 0.636. The van der Waals surface area contributed by atoms with Crippen molar-refractivity contribution in [2.24, 2.45) is 5.92 Å². The van der Waals surface area contributed by atoms with Gasteiger partial charge in [-0.25, -0.2) is 0 Å². The molecule has 2 rings (SSSR count). The van der Waals surface area contributed by atoms with Crippen molar-refractivity contribution in [1.82, 2.24) is 5.32 Å². The zero-order valence-corrected chi connectivity index (χ0v) is 10.0. The first-order chi connectivity index (χ1) is 6.81. The van der Waals surface area contributed by atoms with Gasteiger partial charge in [0, 0.05) is 0 Å². The zero-order valence-electron chi connectivity index (χ0n) is 8.42. The fourth-order valence-electron chi connectivity index (χ4n) is 2.40. The smallest absolute Gasteiger partial charge is 0.169 e. The third-order valence-electron chi connectivity index (χ3n) is 3.08. The predicted molar refractivity (Wildman–Crippen MR) is 60.2 cm³/mol. The SMILES string of the molecule is CNC(c1ccc(Br)o1)C1CCCC1. The van der Waals surface area contributed by atoms with E-state index >= 15 is 0 Å². The van der Waals surface area contributed by atoms with E-state index in [1.165, 1.54) is 25.7 Å². The summed E-state index contributed by atoms with van der Waals surface area (Å²) in [5.41, 5.74) is 0. The Morgan fingerprint density at radius 3 is 2.64 bits per heavy atom. The molecule has 3 heteroatoms. The average molecular weight is 258 g/mol. The van der Waals surface area contributed by atoms with Crippen molar-refractivity contribution in [3.63, 3.8) is 0 Å². The Kier molecular flexibility index (Phi) is 3.29. The van der Waals surface area contributed by atoms with Crippen molar-refractivity contribution in [3.05, 3.63) is 22.6 Å². The highest BCUT2D eigenvalue weighted by atomic mass is 79.9. The van der Waals surface area contributed by atoms with Crippen LogP contribution < -0.4 is 5.32 Å². The Hall–Kier alpha value is -0.280. The van der Waals surface area contributed by atoms with Gasteiger partial charge in [0.2, 0.25) is 0 Å². The van der Waals surface area contributed by atoms with Crippen molar-refractivity contribution in [2.75, 3.05) is 7.05 Å². The monoisotopic (exact) mass is 257 g/mol. The van der Waals surface area contributed by atoms with E-state index in [9.17, 15) is 0 Å². The molecule has 0 aliphatic heterocycles. The number of furan rings is 1. The molecule has 1 aromatic rings. The second-order valence-electron chi connectivity index (χ2n) is 3.95. The Morgan fingerprint density at radius 2 is 2.14 bits per heavy atom. The maximum Gasteiger partial charge on any atom is 0.169 e. The van der Waals surface area contributed by atoms with Gasteiger partial charge in [0.1, 0.15) is 5.76 Å². The lowest BCUT2D eigenvalue weighted by atomic mass is 9.96. The molecule has 78 valence electrons. The first-order valence-electron chi connectivity index (χ1n) is 5.24. The Labute approximate surface area is 93.2 Å². The van der Waals surface area contributed by atoms with Crippen LogP contribution in [0, 0.1) is 5.92 Å². The molecule has 0 amide bonds. The second kappa shape index (κ2) is 4.49. The second-order valence-corrected chi connectivity index (χ2v) is 4.73. The largest absolute Gasteiger partial charge is 0.453 e. The van der Waals surface area contributed by atoms with Gasteiger partial charge >= 0.3 is 0 Å². The number of hydrogen-bond donors (Lipinski definition) is 1. The van der Waals surface area contributed by atoms with Gasteiger partial charge in [0.25, 0.3) is 0 Å². The molecule has 1 aromatic heterocycles. The number of hydrogen-bond acceptors (Lipinski definition) is 2. The van der Waals surface area contributed by atoms with E-state index < -0.39 is 0 Å². The molecule has 1 unspecified atom stereocenters. The quantitative estimate of drug-likeness (QED) is 0.897. The van der Waals surface area contributed by atoms with Crippen LogP contribution in [-0.4, -0.2) is 7.05 Å². The van der Waals surface area contributed by atoms with Crippen LogP contribution in [0.3, 0.4) is 0 Å². The van der Waals surface area contributed by atoms with Crippen molar-refractivity contribution >= 4 is 15.9 Å². The average Bonchev–Trinajstić information content (AvgIpc) is 2.79. The topological polar surface area (TPSA) is 25.2 Å². The van der Waals surface area contributed by atoms with Gasteiger partial charge in [-0.15, -0.1) is 0 Å². The summed E-state index contributed by atoms with van der Waals surface area (Å²) in [6.45, 7) is 0.